The lowest BCUT2D eigenvalue weighted by atomic mass is 10.0. The van der Waals surface area contributed by atoms with E-state index < -0.39 is 0 Å². The molecule has 0 spiro atoms. The van der Waals surface area contributed by atoms with Gasteiger partial charge in [-0.3, -0.25) is 14.5 Å². The van der Waals surface area contributed by atoms with Crippen LogP contribution in [0.15, 0.2) is 30.4 Å². The average Bonchev–Trinajstić information content (AvgIpc) is 2.61. The van der Waals surface area contributed by atoms with Crippen molar-refractivity contribution < 1.29 is 9.59 Å². The van der Waals surface area contributed by atoms with Gasteiger partial charge in [0.15, 0.2) is 0 Å². The number of carbonyl (C=O) groups is 2. The summed E-state index contributed by atoms with van der Waals surface area (Å²) in [5.74, 6) is -0.416. The first-order valence-electron chi connectivity index (χ1n) is 5.67. The summed E-state index contributed by atoms with van der Waals surface area (Å²) >= 11 is 0. The van der Waals surface area contributed by atoms with E-state index in [9.17, 15) is 9.59 Å². The van der Waals surface area contributed by atoms with Crippen molar-refractivity contribution in [3.05, 3.63) is 47.0 Å². The third-order valence-corrected chi connectivity index (χ3v) is 3.01. The molecule has 0 fully saturated rings. The van der Waals surface area contributed by atoms with Crippen LogP contribution in [0.2, 0.25) is 0 Å². The van der Waals surface area contributed by atoms with E-state index >= 15 is 0 Å². The molecule has 0 radical (unpaired) electrons. The van der Waals surface area contributed by atoms with Gasteiger partial charge in [0.05, 0.1) is 0 Å². The van der Waals surface area contributed by atoms with Crippen LogP contribution in [0.25, 0.3) is 0 Å². The summed E-state index contributed by atoms with van der Waals surface area (Å²) < 4.78 is 0. The van der Waals surface area contributed by atoms with Gasteiger partial charge in [0.2, 0.25) is 0 Å². The first-order chi connectivity index (χ1) is 8.08. The van der Waals surface area contributed by atoms with Crippen molar-refractivity contribution in [3.8, 4) is 0 Å². The zero-order valence-electron chi connectivity index (χ0n) is 10.1. The van der Waals surface area contributed by atoms with Gasteiger partial charge in [-0.05, 0) is 31.4 Å². The van der Waals surface area contributed by atoms with Crippen LogP contribution in [0.5, 0.6) is 0 Å². The largest absolute Gasteiger partial charge is 0.275 e. The minimum Gasteiger partial charge on any atom is -0.275 e. The van der Waals surface area contributed by atoms with Crippen molar-refractivity contribution >= 4 is 11.8 Å². The Morgan fingerprint density at radius 3 is 2.35 bits per heavy atom. The first-order valence-corrected chi connectivity index (χ1v) is 5.67. The van der Waals surface area contributed by atoms with Crippen molar-refractivity contribution in [2.75, 3.05) is 6.54 Å². The molecular formula is C14H15NO2. The molecule has 2 rings (SSSR count). The van der Waals surface area contributed by atoms with E-state index in [2.05, 4.69) is 18.2 Å². The summed E-state index contributed by atoms with van der Waals surface area (Å²) in [6, 6.07) is 6.23. The van der Waals surface area contributed by atoms with Crippen LogP contribution in [0.4, 0.5) is 0 Å². The number of imide groups is 1. The van der Waals surface area contributed by atoms with Crippen LogP contribution in [0.1, 0.15) is 16.7 Å². The fraction of sp³-hybridized carbons (Fsp3) is 0.286. The highest BCUT2D eigenvalue weighted by atomic mass is 16.2. The molecule has 0 saturated carbocycles. The first kappa shape index (κ1) is 11.6. The molecular weight excluding hydrogens is 214 g/mol. The molecule has 1 aromatic carbocycles. The highest BCUT2D eigenvalue weighted by Gasteiger charge is 2.22. The monoisotopic (exact) mass is 229 g/mol. The van der Waals surface area contributed by atoms with E-state index in [0.717, 1.165) is 0 Å². The lowest BCUT2D eigenvalue weighted by Crippen LogP contribution is -2.32. The predicted molar refractivity (Wildman–Crippen MR) is 65.5 cm³/mol. The molecule has 0 saturated heterocycles. The van der Waals surface area contributed by atoms with E-state index in [1.54, 1.807) is 0 Å². The van der Waals surface area contributed by atoms with Crippen LogP contribution in [0, 0.1) is 13.8 Å². The number of hydrogen-bond donors (Lipinski definition) is 0. The normalized spacial score (nSPS) is 14.8. The molecule has 0 atom stereocenters. The van der Waals surface area contributed by atoms with Gasteiger partial charge >= 0.3 is 0 Å². The third kappa shape index (κ3) is 2.44. The SMILES string of the molecule is Cc1ccc(C)c(CCN2C(=O)C=CC2=O)c1. The topological polar surface area (TPSA) is 37.4 Å². The molecule has 1 aliphatic rings. The van der Waals surface area contributed by atoms with Gasteiger partial charge in [-0.25, -0.2) is 0 Å². The van der Waals surface area contributed by atoms with Crippen LogP contribution < -0.4 is 0 Å². The summed E-state index contributed by atoms with van der Waals surface area (Å²) in [4.78, 5) is 24.0. The second-order valence-electron chi connectivity index (χ2n) is 4.34. The average molecular weight is 229 g/mol. The van der Waals surface area contributed by atoms with Gasteiger partial charge < -0.3 is 0 Å². The van der Waals surface area contributed by atoms with Crippen LogP contribution in [0.3, 0.4) is 0 Å². The van der Waals surface area contributed by atoms with Crippen LogP contribution in [-0.4, -0.2) is 23.3 Å². The lowest BCUT2D eigenvalue weighted by Gasteiger charge is -2.14. The molecule has 1 aromatic rings. The Kier molecular flexibility index (Phi) is 3.09. The van der Waals surface area contributed by atoms with Gasteiger partial charge in [0.25, 0.3) is 11.8 Å². The number of rotatable bonds is 3. The minimum atomic E-state index is -0.208. The molecule has 1 aliphatic heterocycles. The number of amides is 2. The zero-order chi connectivity index (χ0) is 12.4. The van der Waals surface area contributed by atoms with Gasteiger partial charge in [0.1, 0.15) is 0 Å². The molecule has 3 heteroatoms. The Bertz CT molecular complexity index is 485. The van der Waals surface area contributed by atoms with E-state index in [1.807, 2.05) is 13.8 Å². The Morgan fingerprint density at radius 1 is 1.06 bits per heavy atom. The third-order valence-electron chi connectivity index (χ3n) is 3.01. The smallest absolute Gasteiger partial charge is 0.253 e. The molecule has 1 heterocycles. The second kappa shape index (κ2) is 4.53. The fourth-order valence-electron chi connectivity index (χ4n) is 1.95. The molecule has 0 N–H and O–H groups in total. The van der Waals surface area contributed by atoms with Crippen molar-refractivity contribution in [2.45, 2.75) is 20.3 Å². The maximum Gasteiger partial charge on any atom is 0.253 e. The molecule has 0 aromatic heterocycles. The predicted octanol–water partition coefficient (Wildman–Crippen LogP) is 1.77. The molecule has 17 heavy (non-hydrogen) atoms. The standard InChI is InChI=1S/C14H15NO2/c1-10-3-4-11(2)12(9-10)7-8-15-13(16)5-6-14(15)17/h3-6,9H,7-8H2,1-2H3. The minimum absolute atomic E-state index is 0.208. The number of nitrogens with zero attached hydrogens (tertiary/aromatic N) is 1. The quantitative estimate of drug-likeness (QED) is 0.741. The highest BCUT2D eigenvalue weighted by Crippen LogP contribution is 2.13. The van der Waals surface area contributed by atoms with Crippen LogP contribution >= 0.6 is 0 Å². The van der Waals surface area contributed by atoms with Crippen molar-refractivity contribution in [3.63, 3.8) is 0 Å². The Labute approximate surface area is 101 Å². The van der Waals surface area contributed by atoms with Gasteiger partial charge in [0, 0.05) is 18.7 Å². The maximum absolute atomic E-state index is 11.4. The molecule has 3 nitrogen and oxygen atoms in total. The number of carbonyl (C=O) groups excluding carboxylic acids is 2. The summed E-state index contributed by atoms with van der Waals surface area (Å²) in [5.41, 5.74) is 3.59. The van der Waals surface area contributed by atoms with Crippen molar-refractivity contribution in [1.82, 2.24) is 4.90 Å². The number of hydrogen-bond acceptors (Lipinski definition) is 2. The van der Waals surface area contributed by atoms with E-state index in [0.29, 0.717) is 13.0 Å². The van der Waals surface area contributed by atoms with Gasteiger partial charge in [-0.2, -0.15) is 0 Å². The Morgan fingerprint density at radius 2 is 1.71 bits per heavy atom. The molecule has 88 valence electrons. The second-order valence-corrected chi connectivity index (χ2v) is 4.34. The van der Waals surface area contributed by atoms with E-state index in [4.69, 9.17) is 0 Å². The van der Waals surface area contributed by atoms with Gasteiger partial charge in [-0.1, -0.05) is 23.8 Å². The van der Waals surface area contributed by atoms with Gasteiger partial charge in [-0.15, -0.1) is 0 Å². The summed E-state index contributed by atoms with van der Waals surface area (Å²) in [7, 11) is 0. The van der Waals surface area contributed by atoms with E-state index in [1.165, 1.54) is 33.7 Å². The fourth-order valence-corrected chi connectivity index (χ4v) is 1.95. The van der Waals surface area contributed by atoms with Crippen molar-refractivity contribution in [1.29, 1.82) is 0 Å². The van der Waals surface area contributed by atoms with Crippen molar-refractivity contribution in [2.24, 2.45) is 0 Å². The zero-order valence-corrected chi connectivity index (χ0v) is 10.1. The molecule has 2 amide bonds. The molecule has 0 unspecified atom stereocenters. The summed E-state index contributed by atoms with van der Waals surface area (Å²) in [6.07, 6.45) is 3.36. The Hall–Kier alpha value is -1.90. The number of benzene rings is 1. The summed E-state index contributed by atoms with van der Waals surface area (Å²) in [6.45, 7) is 4.53. The Balaban J connectivity index is 2.05. The highest BCUT2D eigenvalue weighted by molar-refractivity contribution is 6.12. The molecule has 0 aliphatic carbocycles. The number of aryl methyl sites for hydroxylation is 2. The lowest BCUT2D eigenvalue weighted by molar-refractivity contribution is -0.136. The molecule has 0 bridgehead atoms. The maximum atomic E-state index is 11.4. The van der Waals surface area contributed by atoms with E-state index in [-0.39, 0.29) is 11.8 Å². The van der Waals surface area contributed by atoms with Crippen LogP contribution in [-0.2, 0) is 16.0 Å². The summed E-state index contributed by atoms with van der Waals surface area (Å²) in [5, 5.41) is 0.